The molecule has 1 aromatic rings. The van der Waals surface area contributed by atoms with E-state index < -0.39 is 0 Å². The predicted octanol–water partition coefficient (Wildman–Crippen LogP) is 1.17. The number of aryl methyl sites for hydroxylation is 1. The molecule has 0 spiro atoms. The largest absolute Gasteiger partial charge is 0.361 e. The van der Waals surface area contributed by atoms with E-state index in [9.17, 15) is 0 Å². The summed E-state index contributed by atoms with van der Waals surface area (Å²) >= 11 is 0. The van der Waals surface area contributed by atoms with Crippen LogP contribution in [0.1, 0.15) is 24.3 Å². The van der Waals surface area contributed by atoms with E-state index in [2.05, 4.69) is 22.4 Å². The maximum Gasteiger partial charge on any atom is 0.133 e. The van der Waals surface area contributed by atoms with E-state index in [1.165, 1.54) is 12.8 Å². The first-order valence-electron chi connectivity index (χ1n) is 5.58. The van der Waals surface area contributed by atoms with E-state index in [0.717, 1.165) is 37.1 Å². The van der Waals surface area contributed by atoms with Gasteiger partial charge in [-0.1, -0.05) is 5.16 Å². The molecule has 4 heteroatoms. The van der Waals surface area contributed by atoms with Crippen molar-refractivity contribution >= 4 is 0 Å². The number of aromatic nitrogens is 1. The molecular weight excluding hydrogens is 190 g/mol. The lowest BCUT2D eigenvalue weighted by molar-refractivity contribution is 0.307. The van der Waals surface area contributed by atoms with Crippen molar-refractivity contribution < 1.29 is 4.52 Å². The number of rotatable bonds is 6. The molecule has 4 nitrogen and oxygen atoms in total. The molecule has 0 atom stereocenters. The van der Waals surface area contributed by atoms with Crippen LogP contribution in [0.15, 0.2) is 10.6 Å². The van der Waals surface area contributed by atoms with Gasteiger partial charge in [0.1, 0.15) is 5.76 Å². The minimum absolute atomic E-state index is 0.799. The summed E-state index contributed by atoms with van der Waals surface area (Å²) in [5.74, 6) is 0.884. The lowest BCUT2D eigenvalue weighted by Gasteiger charge is -2.14. The van der Waals surface area contributed by atoms with Gasteiger partial charge < -0.3 is 9.84 Å². The average molecular weight is 209 g/mol. The van der Waals surface area contributed by atoms with Gasteiger partial charge in [0.15, 0.2) is 0 Å². The van der Waals surface area contributed by atoms with Crippen molar-refractivity contribution in [1.82, 2.24) is 15.4 Å². The zero-order chi connectivity index (χ0) is 10.7. The van der Waals surface area contributed by atoms with Crippen LogP contribution < -0.4 is 5.32 Å². The predicted molar refractivity (Wildman–Crippen MR) is 58.6 cm³/mol. The van der Waals surface area contributed by atoms with E-state index >= 15 is 0 Å². The molecule has 1 aliphatic rings. The van der Waals surface area contributed by atoms with Gasteiger partial charge in [-0.3, -0.25) is 4.90 Å². The summed E-state index contributed by atoms with van der Waals surface area (Å²) in [6, 6.07) is 2.79. The summed E-state index contributed by atoms with van der Waals surface area (Å²) in [6.45, 7) is 4.91. The third-order valence-corrected chi connectivity index (χ3v) is 2.61. The lowest BCUT2D eigenvalue weighted by Crippen LogP contribution is -2.30. The molecule has 84 valence electrons. The monoisotopic (exact) mass is 209 g/mol. The van der Waals surface area contributed by atoms with Crippen LogP contribution in [-0.2, 0) is 6.54 Å². The summed E-state index contributed by atoms with van der Waals surface area (Å²) in [6.07, 6.45) is 2.71. The van der Waals surface area contributed by atoms with Crippen molar-refractivity contribution in [3.05, 3.63) is 17.5 Å². The first-order valence-corrected chi connectivity index (χ1v) is 5.58. The fourth-order valence-corrected chi connectivity index (χ4v) is 1.60. The highest BCUT2D eigenvalue weighted by atomic mass is 16.5. The minimum Gasteiger partial charge on any atom is -0.361 e. The van der Waals surface area contributed by atoms with Crippen LogP contribution in [-0.4, -0.2) is 36.2 Å². The van der Waals surface area contributed by atoms with Crippen molar-refractivity contribution in [2.75, 3.05) is 20.1 Å². The van der Waals surface area contributed by atoms with Crippen LogP contribution in [0.5, 0.6) is 0 Å². The van der Waals surface area contributed by atoms with E-state index in [1.54, 1.807) is 0 Å². The van der Waals surface area contributed by atoms with Gasteiger partial charge in [0, 0.05) is 31.7 Å². The zero-order valence-corrected chi connectivity index (χ0v) is 9.49. The Morgan fingerprint density at radius 3 is 3.00 bits per heavy atom. The van der Waals surface area contributed by atoms with Crippen molar-refractivity contribution in [2.24, 2.45) is 0 Å². The number of likely N-dealkylation sites (N-methyl/N-ethyl adjacent to an activating group) is 1. The SMILES string of the molecule is Cc1cc(CN(C)CCNC2CC2)no1. The molecule has 0 saturated heterocycles. The van der Waals surface area contributed by atoms with Gasteiger partial charge in [0.25, 0.3) is 0 Å². The Morgan fingerprint density at radius 1 is 1.60 bits per heavy atom. The molecule has 1 aromatic heterocycles. The van der Waals surface area contributed by atoms with Crippen LogP contribution in [0.3, 0.4) is 0 Å². The van der Waals surface area contributed by atoms with E-state index in [4.69, 9.17) is 4.52 Å². The van der Waals surface area contributed by atoms with E-state index in [0.29, 0.717) is 0 Å². The molecule has 1 N–H and O–H groups in total. The molecule has 1 saturated carbocycles. The molecule has 0 bridgehead atoms. The summed E-state index contributed by atoms with van der Waals surface area (Å²) in [7, 11) is 2.11. The van der Waals surface area contributed by atoms with Gasteiger partial charge in [-0.25, -0.2) is 0 Å². The molecular formula is C11H19N3O. The Bertz CT molecular complexity index is 307. The van der Waals surface area contributed by atoms with Crippen molar-refractivity contribution in [1.29, 1.82) is 0 Å². The molecule has 2 rings (SSSR count). The number of nitrogens with one attached hydrogen (secondary N) is 1. The van der Waals surface area contributed by atoms with Gasteiger partial charge in [-0.2, -0.15) is 0 Å². The van der Waals surface area contributed by atoms with Gasteiger partial charge in [0.2, 0.25) is 0 Å². The zero-order valence-electron chi connectivity index (χ0n) is 9.49. The maximum atomic E-state index is 5.03. The third-order valence-electron chi connectivity index (χ3n) is 2.61. The van der Waals surface area contributed by atoms with Crippen molar-refractivity contribution in [3.63, 3.8) is 0 Å². The molecule has 0 aromatic carbocycles. The highest BCUT2D eigenvalue weighted by molar-refractivity contribution is 5.02. The molecule has 0 amide bonds. The first kappa shape index (κ1) is 10.6. The number of hydrogen-bond acceptors (Lipinski definition) is 4. The second kappa shape index (κ2) is 4.77. The van der Waals surface area contributed by atoms with Crippen LogP contribution in [0.2, 0.25) is 0 Å². The van der Waals surface area contributed by atoms with Gasteiger partial charge in [-0.15, -0.1) is 0 Å². The van der Waals surface area contributed by atoms with Gasteiger partial charge >= 0.3 is 0 Å². The smallest absolute Gasteiger partial charge is 0.133 e. The molecule has 1 fully saturated rings. The molecule has 1 heterocycles. The number of hydrogen-bond donors (Lipinski definition) is 1. The topological polar surface area (TPSA) is 41.3 Å². The second-order valence-electron chi connectivity index (χ2n) is 4.40. The molecule has 15 heavy (non-hydrogen) atoms. The summed E-state index contributed by atoms with van der Waals surface area (Å²) < 4.78 is 5.03. The average Bonchev–Trinajstić information content (AvgIpc) is 2.91. The van der Waals surface area contributed by atoms with Crippen LogP contribution in [0.4, 0.5) is 0 Å². The Kier molecular flexibility index (Phi) is 3.38. The molecule has 0 unspecified atom stereocenters. The van der Waals surface area contributed by atoms with Crippen LogP contribution in [0, 0.1) is 6.92 Å². The van der Waals surface area contributed by atoms with Crippen molar-refractivity contribution in [2.45, 2.75) is 32.4 Å². The van der Waals surface area contributed by atoms with E-state index in [1.807, 2.05) is 13.0 Å². The molecule has 0 aliphatic heterocycles. The highest BCUT2D eigenvalue weighted by Gasteiger charge is 2.19. The Morgan fingerprint density at radius 2 is 2.40 bits per heavy atom. The molecule has 0 radical (unpaired) electrons. The number of nitrogens with zero attached hydrogens (tertiary/aromatic N) is 2. The normalized spacial score (nSPS) is 16.2. The quantitative estimate of drug-likeness (QED) is 0.763. The maximum absolute atomic E-state index is 5.03. The fourth-order valence-electron chi connectivity index (χ4n) is 1.60. The third kappa shape index (κ3) is 3.64. The second-order valence-corrected chi connectivity index (χ2v) is 4.40. The van der Waals surface area contributed by atoms with Crippen molar-refractivity contribution in [3.8, 4) is 0 Å². The Hall–Kier alpha value is -0.870. The summed E-state index contributed by atoms with van der Waals surface area (Å²) in [4.78, 5) is 2.26. The fraction of sp³-hybridized carbons (Fsp3) is 0.727. The standard InChI is InChI=1S/C11H19N3O/c1-9-7-11(13-15-9)8-14(2)6-5-12-10-3-4-10/h7,10,12H,3-6,8H2,1-2H3. The van der Waals surface area contributed by atoms with Gasteiger partial charge in [0.05, 0.1) is 5.69 Å². The first-order chi connectivity index (χ1) is 7.24. The minimum atomic E-state index is 0.799. The van der Waals surface area contributed by atoms with Crippen LogP contribution >= 0.6 is 0 Å². The van der Waals surface area contributed by atoms with E-state index in [-0.39, 0.29) is 0 Å². The highest BCUT2D eigenvalue weighted by Crippen LogP contribution is 2.18. The summed E-state index contributed by atoms with van der Waals surface area (Å²) in [5, 5.41) is 7.47. The molecule has 1 aliphatic carbocycles. The van der Waals surface area contributed by atoms with Gasteiger partial charge in [-0.05, 0) is 26.8 Å². The lowest BCUT2D eigenvalue weighted by atomic mass is 10.3. The van der Waals surface area contributed by atoms with Crippen LogP contribution in [0.25, 0.3) is 0 Å². The Labute approximate surface area is 90.6 Å². The summed E-state index contributed by atoms with van der Waals surface area (Å²) in [5.41, 5.74) is 1.02. The Balaban J connectivity index is 1.64.